The van der Waals surface area contributed by atoms with E-state index in [0.29, 0.717) is 0 Å². The summed E-state index contributed by atoms with van der Waals surface area (Å²) in [5.41, 5.74) is 3.92. The number of halogens is 1. The van der Waals surface area contributed by atoms with Crippen LogP contribution in [0.3, 0.4) is 0 Å². The molecule has 0 aromatic carbocycles. The summed E-state index contributed by atoms with van der Waals surface area (Å²) in [6.45, 7) is 8.33. The first-order chi connectivity index (χ1) is 7.15. The predicted molar refractivity (Wildman–Crippen MR) is 69.2 cm³/mol. The van der Waals surface area contributed by atoms with Crippen LogP contribution in [0.25, 0.3) is 0 Å². The highest BCUT2D eigenvalue weighted by molar-refractivity contribution is 6.30. The van der Waals surface area contributed by atoms with Crippen molar-refractivity contribution in [3.05, 3.63) is 34.4 Å². The minimum Gasteiger partial charge on any atom is -0.0958 e. The van der Waals surface area contributed by atoms with Crippen LogP contribution >= 0.6 is 11.6 Å². The highest BCUT2D eigenvalue weighted by atomic mass is 35.5. The van der Waals surface area contributed by atoms with Crippen LogP contribution in [0, 0.1) is 0 Å². The molecule has 0 nitrogen and oxygen atoms in total. The summed E-state index contributed by atoms with van der Waals surface area (Å²) in [4.78, 5) is 0. The Morgan fingerprint density at radius 1 is 1.47 bits per heavy atom. The van der Waals surface area contributed by atoms with E-state index in [1.165, 1.54) is 29.6 Å². The molecule has 0 atom stereocenters. The highest BCUT2D eigenvalue weighted by Crippen LogP contribution is 2.30. The Kier molecular flexibility index (Phi) is 5.17. The van der Waals surface area contributed by atoms with Gasteiger partial charge in [-0.2, -0.15) is 0 Å². The van der Waals surface area contributed by atoms with E-state index in [1.807, 2.05) is 0 Å². The van der Waals surface area contributed by atoms with Crippen molar-refractivity contribution in [2.24, 2.45) is 0 Å². The number of hydrogen-bond donors (Lipinski definition) is 0. The Balaban J connectivity index is 2.83. The maximum Gasteiger partial charge on any atom is 0.0213 e. The Morgan fingerprint density at radius 3 is 2.80 bits per heavy atom. The van der Waals surface area contributed by atoms with Crippen LogP contribution in [0.5, 0.6) is 0 Å². The molecular weight excluding hydrogens is 204 g/mol. The third kappa shape index (κ3) is 3.87. The van der Waals surface area contributed by atoms with Gasteiger partial charge in [0, 0.05) is 5.03 Å². The molecule has 0 amide bonds. The summed E-state index contributed by atoms with van der Waals surface area (Å²) in [5, 5.41) is 1.07. The zero-order valence-corrected chi connectivity index (χ0v) is 10.7. The predicted octanol–water partition coefficient (Wildman–Crippen LogP) is 5.36. The Hall–Kier alpha value is -0.490. The molecule has 0 radical (unpaired) electrons. The Morgan fingerprint density at radius 2 is 2.20 bits per heavy atom. The zero-order chi connectivity index (χ0) is 11.3. The minimum absolute atomic E-state index is 1.04. The molecule has 1 aliphatic carbocycles. The maximum atomic E-state index is 6.30. The molecule has 0 aliphatic heterocycles. The van der Waals surface area contributed by atoms with E-state index in [1.54, 1.807) is 0 Å². The van der Waals surface area contributed by atoms with E-state index in [0.717, 1.165) is 30.7 Å². The van der Waals surface area contributed by atoms with Gasteiger partial charge in [-0.15, -0.1) is 0 Å². The van der Waals surface area contributed by atoms with E-state index in [-0.39, 0.29) is 0 Å². The van der Waals surface area contributed by atoms with Gasteiger partial charge in [0.25, 0.3) is 0 Å². The van der Waals surface area contributed by atoms with Crippen LogP contribution in [0.2, 0.25) is 0 Å². The molecule has 0 spiro atoms. The van der Waals surface area contributed by atoms with Crippen LogP contribution in [-0.4, -0.2) is 0 Å². The summed E-state index contributed by atoms with van der Waals surface area (Å²) < 4.78 is 0. The molecule has 0 heterocycles. The quantitative estimate of drug-likeness (QED) is 0.604. The normalized spacial score (nSPS) is 17.4. The van der Waals surface area contributed by atoms with Crippen LogP contribution in [0.4, 0.5) is 0 Å². The van der Waals surface area contributed by atoms with E-state index in [2.05, 4.69) is 26.5 Å². The molecule has 1 heteroatoms. The number of unbranched alkanes of at least 4 members (excludes halogenated alkanes) is 1. The third-order valence-electron chi connectivity index (χ3n) is 2.89. The second kappa shape index (κ2) is 6.17. The van der Waals surface area contributed by atoms with Gasteiger partial charge in [-0.3, -0.25) is 0 Å². The van der Waals surface area contributed by atoms with E-state index in [9.17, 15) is 0 Å². The lowest BCUT2D eigenvalue weighted by molar-refractivity contribution is 0.790. The van der Waals surface area contributed by atoms with Crippen molar-refractivity contribution < 1.29 is 0 Å². The first kappa shape index (κ1) is 12.6. The second-order valence-corrected chi connectivity index (χ2v) is 4.79. The minimum atomic E-state index is 1.04. The van der Waals surface area contributed by atoms with Crippen molar-refractivity contribution >= 4 is 11.6 Å². The summed E-state index contributed by atoms with van der Waals surface area (Å²) >= 11 is 6.30. The van der Waals surface area contributed by atoms with Crippen molar-refractivity contribution in [3.63, 3.8) is 0 Å². The Labute approximate surface area is 98.7 Å². The van der Waals surface area contributed by atoms with Gasteiger partial charge in [-0.25, -0.2) is 0 Å². The van der Waals surface area contributed by atoms with Gasteiger partial charge in [0.15, 0.2) is 0 Å². The fraction of sp³-hybridized carbons (Fsp3) is 0.571. The number of rotatable bonds is 4. The molecule has 0 fully saturated rings. The number of hydrogen-bond acceptors (Lipinski definition) is 0. The summed E-state index contributed by atoms with van der Waals surface area (Å²) in [6, 6.07) is 0. The highest BCUT2D eigenvalue weighted by Gasteiger charge is 2.10. The molecular formula is C14H21Cl. The monoisotopic (exact) mass is 224 g/mol. The van der Waals surface area contributed by atoms with Crippen molar-refractivity contribution in [1.82, 2.24) is 0 Å². The van der Waals surface area contributed by atoms with Crippen LogP contribution in [0.1, 0.15) is 52.4 Å². The van der Waals surface area contributed by atoms with E-state index in [4.69, 9.17) is 11.6 Å². The van der Waals surface area contributed by atoms with Gasteiger partial charge in [0.1, 0.15) is 0 Å². The Bertz CT molecular complexity index is 294. The summed E-state index contributed by atoms with van der Waals surface area (Å²) in [6.07, 6.45) is 9.16. The molecule has 0 unspecified atom stereocenters. The lowest BCUT2D eigenvalue weighted by Crippen LogP contribution is -1.86. The van der Waals surface area contributed by atoms with E-state index >= 15 is 0 Å². The second-order valence-electron chi connectivity index (χ2n) is 4.34. The lowest BCUT2D eigenvalue weighted by Gasteiger charge is -2.05. The first-order valence-electron chi connectivity index (χ1n) is 5.89. The smallest absolute Gasteiger partial charge is 0.0213 e. The van der Waals surface area contributed by atoms with Crippen molar-refractivity contribution in [2.75, 3.05) is 0 Å². The molecule has 84 valence electrons. The van der Waals surface area contributed by atoms with Gasteiger partial charge < -0.3 is 0 Å². The maximum absolute atomic E-state index is 6.30. The SMILES string of the molecule is C=C(C)C1=CC(CCCC)=C(Cl)CCC1. The average molecular weight is 225 g/mol. The fourth-order valence-electron chi connectivity index (χ4n) is 1.87. The molecule has 1 aliphatic rings. The standard InChI is InChI=1S/C14H21Cl/c1-4-5-7-13-10-12(11(2)3)8-6-9-14(13)15/h10H,2,4-9H2,1,3H3. The van der Waals surface area contributed by atoms with Gasteiger partial charge in [0.2, 0.25) is 0 Å². The van der Waals surface area contributed by atoms with Crippen LogP contribution < -0.4 is 0 Å². The average Bonchev–Trinajstić information content (AvgIpc) is 2.37. The van der Waals surface area contributed by atoms with Crippen molar-refractivity contribution in [3.8, 4) is 0 Å². The fourth-order valence-corrected chi connectivity index (χ4v) is 2.15. The van der Waals surface area contributed by atoms with Gasteiger partial charge in [0.05, 0.1) is 0 Å². The van der Waals surface area contributed by atoms with E-state index < -0.39 is 0 Å². The van der Waals surface area contributed by atoms with Crippen LogP contribution in [0.15, 0.2) is 34.4 Å². The van der Waals surface area contributed by atoms with Gasteiger partial charge in [-0.1, -0.05) is 43.2 Å². The lowest BCUT2D eigenvalue weighted by atomic mass is 10.0. The molecule has 0 saturated heterocycles. The molecule has 0 saturated carbocycles. The summed E-state index contributed by atoms with van der Waals surface area (Å²) in [5.74, 6) is 0. The van der Waals surface area contributed by atoms with Crippen molar-refractivity contribution in [2.45, 2.75) is 52.4 Å². The first-order valence-corrected chi connectivity index (χ1v) is 6.27. The largest absolute Gasteiger partial charge is 0.0958 e. The molecule has 0 N–H and O–H groups in total. The third-order valence-corrected chi connectivity index (χ3v) is 3.32. The number of allylic oxidation sites excluding steroid dienone is 5. The van der Waals surface area contributed by atoms with Crippen molar-refractivity contribution in [1.29, 1.82) is 0 Å². The zero-order valence-electron chi connectivity index (χ0n) is 9.91. The molecule has 15 heavy (non-hydrogen) atoms. The molecule has 0 aromatic rings. The molecule has 0 aromatic heterocycles. The molecule has 1 rings (SSSR count). The van der Waals surface area contributed by atoms with Gasteiger partial charge in [-0.05, 0) is 50.2 Å². The topological polar surface area (TPSA) is 0 Å². The summed E-state index contributed by atoms with van der Waals surface area (Å²) in [7, 11) is 0. The molecule has 0 bridgehead atoms. The van der Waals surface area contributed by atoms with Gasteiger partial charge >= 0.3 is 0 Å². The van der Waals surface area contributed by atoms with Crippen LogP contribution in [-0.2, 0) is 0 Å².